The minimum absolute atomic E-state index is 0.0534. The van der Waals surface area contributed by atoms with Crippen LogP contribution in [-0.4, -0.2) is 40.0 Å². The van der Waals surface area contributed by atoms with Crippen molar-refractivity contribution in [3.05, 3.63) is 24.6 Å². The van der Waals surface area contributed by atoms with Crippen molar-refractivity contribution < 1.29 is 0 Å². The van der Waals surface area contributed by atoms with Gasteiger partial charge in [0.1, 0.15) is 0 Å². The highest BCUT2D eigenvalue weighted by atomic mass is 15.2. The van der Waals surface area contributed by atoms with Gasteiger partial charge in [-0.15, -0.1) is 0 Å². The van der Waals surface area contributed by atoms with E-state index >= 15 is 0 Å². The monoisotopic (exact) mass is 233 g/mol. The van der Waals surface area contributed by atoms with Gasteiger partial charge in [-0.1, -0.05) is 0 Å². The average Bonchev–Trinajstić information content (AvgIpc) is 2.31. The van der Waals surface area contributed by atoms with Crippen molar-refractivity contribution in [2.45, 2.75) is 6.04 Å². The van der Waals surface area contributed by atoms with E-state index in [9.17, 15) is 0 Å². The minimum atomic E-state index is 0.0534. The van der Waals surface area contributed by atoms with Crippen molar-refractivity contribution >= 4 is 17.8 Å². The Balaban J connectivity index is 2.11. The van der Waals surface area contributed by atoms with Gasteiger partial charge in [-0.2, -0.15) is 15.0 Å². The van der Waals surface area contributed by atoms with Gasteiger partial charge in [0, 0.05) is 26.5 Å². The van der Waals surface area contributed by atoms with Crippen LogP contribution in [0, 0.1) is 0 Å². The van der Waals surface area contributed by atoms with Gasteiger partial charge in [0.05, 0.1) is 6.04 Å². The van der Waals surface area contributed by atoms with E-state index in [-0.39, 0.29) is 12.0 Å². The largest absolute Gasteiger partial charge is 0.368 e. The standard InChI is InChI=1S/C10H15N7/c1-12-9-14-8(11)15-10(16-9)13-7-3-5-17(2)6-4-7/h3-7H,1-2H3,(H4,11,12,13,14,15,16). The minimum Gasteiger partial charge on any atom is -0.368 e. The van der Waals surface area contributed by atoms with Gasteiger partial charge in [0.15, 0.2) is 0 Å². The topological polar surface area (TPSA) is 92.0 Å². The first kappa shape index (κ1) is 11.2. The van der Waals surface area contributed by atoms with Crippen molar-refractivity contribution in [1.82, 2.24) is 19.9 Å². The zero-order valence-electron chi connectivity index (χ0n) is 9.75. The first-order valence-electron chi connectivity index (χ1n) is 5.22. The number of nitrogens with one attached hydrogen (secondary N) is 2. The van der Waals surface area contributed by atoms with Crippen molar-refractivity contribution in [1.29, 1.82) is 0 Å². The Morgan fingerprint density at radius 3 is 2.47 bits per heavy atom. The summed E-state index contributed by atoms with van der Waals surface area (Å²) in [7, 11) is 3.69. The molecule has 2 rings (SSSR count). The molecule has 2 heterocycles. The molecule has 0 fully saturated rings. The van der Waals surface area contributed by atoms with Crippen molar-refractivity contribution in [2.75, 3.05) is 30.5 Å². The van der Waals surface area contributed by atoms with Crippen LogP contribution < -0.4 is 16.4 Å². The third-order valence-corrected chi connectivity index (χ3v) is 2.23. The van der Waals surface area contributed by atoms with Crippen molar-refractivity contribution in [3.63, 3.8) is 0 Å². The van der Waals surface area contributed by atoms with Gasteiger partial charge in [-0.3, -0.25) is 0 Å². The fraction of sp³-hybridized carbons (Fsp3) is 0.300. The lowest BCUT2D eigenvalue weighted by atomic mass is 10.2. The summed E-state index contributed by atoms with van der Waals surface area (Å²) in [4.78, 5) is 14.1. The summed E-state index contributed by atoms with van der Waals surface area (Å²) in [6, 6.07) is 0.0534. The highest BCUT2D eigenvalue weighted by Gasteiger charge is 2.08. The van der Waals surface area contributed by atoms with E-state index in [2.05, 4.69) is 25.6 Å². The summed E-state index contributed by atoms with van der Waals surface area (Å²) >= 11 is 0. The maximum atomic E-state index is 5.58. The van der Waals surface area contributed by atoms with Crippen LogP contribution in [0.1, 0.15) is 0 Å². The van der Waals surface area contributed by atoms with E-state index < -0.39 is 0 Å². The smallest absolute Gasteiger partial charge is 0.230 e. The molecule has 1 aromatic rings. The summed E-state index contributed by atoms with van der Waals surface area (Å²) in [6.07, 6.45) is 7.92. The van der Waals surface area contributed by atoms with Gasteiger partial charge in [-0.05, 0) is 12.2 Å². The molecule has 1 aliphatic heterocycles. The van der Waals surface area contributed by atoms with Gasteiger partial charge >= 0.3 is 0 Å². The molecule has 0 aliphatic carbocycles. The lowest BCUT2D eigenvalue weighted by Crippen LogP contribution is -2.21. The molecule has 0 amide bonds. The fourth-order valence-corrected chi connectivity index (χ4v) is 1.38. The van der Waals surface area contributed by atoms with Crippen LogP contribution in [0.5, 0.6) is 0 Å². The summed E-state index contributed by atoms with van der Waals surface area (Å²) in [5.74, 6) is 1.08. The molecule has 7 nitrogen and oxygen atoms in total. The predicted octanol–water partition coefficient (Wildman–Crippen LogP) is 0.249. The van der Waals surface area contributed by atoms with E-state index in [1.54, 1.807) is 7.05 Å². The number of anilines is 3. The molecule has 0 radical (unpaired) electrons. The third kappa shape index (κ3) is 2.83. The molecule has 0 bridgehead atoms. The van der Waals surface area contributed by atoms with E-state index in [1.165, 1.54) is 0 Å². The van der Waals surface area contributed by atoms with Crippen molar-refractivity contribution in [2.24, 2.45) is 0 Å². The van der Waals surface area contributed by atoms with Crippen molar-refractivity contribution in [3.8, 4) is 0 Å². The summed E-state index contributed by atoms with van der Waals surface area (Å²) in [6.45, 7) is 0. The number of nitrogens with two attached hydrogens (primary N) is 1. The van der Waals surface area contributed by atoms with E-state index in [4.69, 9.17) is 5.73 Å². The molecule has 90 valence electrons. The van der Waals surface area contributed by atoms with Crippen LogP contribution in [0.4, 0.5) is 17.8 Å². The molecule has 0 saturated heterocycles. The second-order valence-corrected chi connectivity index (χ2v) is 3.61. The van der Waals surface area contributed by atoms with Gasteiger partial charge in [0.25, 0.3) is 0 Å². The molecule has 4 N–H and O–H groups in total. The first-order valence-corrected chi connectivity index (χ1v) is 5.22. The lowest BCUT2D eigenvalue weighted by molar-refractivity contribution is 0.607. The number of hydrogen-bond acceptors (Lipinski definition) is 7. The number of rotatable bonds is 3. The molecule has 0 aromatic carbocycles. The Morgan fingerprint density at radius 2 is 1.82 bits per heavy atom. The van der Waals surface area contributed by atoms with Gasteiger partial charge < -0.3 is 21.3 Å². The maximum absolute atomic E-state index is 5.58. The van der Waals surface area contributed by atoms with E-state index in [1.807, 2.05) is 36.5 Å². The number of hydrogen-bond donors (Lipinski definition) is 3. The number of nitrogen functional groups attached to an aromatic ring is 1. The molecule has 0 unspecified atom stereocenters. The highest BCUT2D eigenvalue weighted by molar-refractivity contribution is 5.41. The zero-order chi connectivity index (χ0) is 12.3. The predicted molar refractivity (Wildman–Crippen MR) is 67.2 cm³/mol. The Hall–Kier alpha value is -2.31. The average molecular weight is 233 g/mol. The fourth-order valence-electron chi connectivity index (χ4n) is 1.38. The summed E-state index contributed by atoms with van der Waals surface area (Å²) in [5.41, 5.74) is 5.58. The quantitative estimate of drug-likeness (QED) is 0.689. The third-order valence-electron chi connectivity index (χ3n) is 2.23. The Labute approximate surface area is 99.5 Å². The van der Waals surface area contributed by atoms with Crippen LogP contribution in [0.15, 0.2) is 24.6 Å². The second kappa shape index (κ2) is 4.69. The summed E-state index contributed by atoms with van der Waals surface area (Å²) in [5, 5.41) is 5.96. The molecule has 7 heteroatoms. The van der Waals surface area contributed by atoms with Crippen LogP contribution in [0.2, 0.25) is 0 Å². The molecule has 1 aromatic heterocycles. The number of aromatic nitrogens is 3. The Morgan fingerprint density at radius 1 is 1.18 bits per heavy atom. The van der Waals surface area contributed by atoms with Crippen LogP contribution in [0.3, 0.4) is 0 Å². The highest BCUT2D eigenvalue weighted by Crippen LogP contribution is 2.10. The SMILES string of the molecule is CNc1nc(N)nc(NC2C=CN(C)C=C2)n1. The van der Waals surface area contributed by atoms with Crippen LogP contribution >= 0.6 is 0 Å². The first-order chi connectivity index (χ1) is 8.17. The lowest BCUT2D eigenvalue weighted by Gasteiger charge is -2.18. The molecule has 1 aliphatic rings. The van der Waals surface area contributed by atoms with Gasteiger partial charge in [0.2, 0.25) is 17.8 Å². The van der Waals surface area contributed by atoms with E-state index in [0.29, 0.717) is 11.9 Å². The molecule has 0 saturated carbocycles. The molecule has 0 atom stereocenters. The maximum Gasteiger partial charge on any atom is 0.230 e. The molecular weight excluding hydrogens is 218 g/mol. The van der Waals surface area contributed by atoms with Crippen LogP contribution in [0.25, 0.3) is 0 Å². The second-order valence-electron chi connectivity index (χ2n) is 3.61. The Kier molecular flexibility index (Phi) is 3.08. The Bertz CT molecular complexity index is 440. The molecule has 0 spiro atoms. The normalized spacial score (nSPS) is 15.1. The molecule has 17 heavy (non-hydrogen) atoms. The molecular formula is C10H15N7. The number of nitrogens with zero attached hydrogens (tertiary/aromatic N) is 4. The summed E-state index contributed by atoms with van der Waals surface area (Å²) < 4.78 is 0. The van der Waals surface area contributed by atoms with Crippen LogP contribution in [-0.2, 0) is 0 Å². The van der Waals surface area contributed by atoms with Gasteiger partial charge in [-0.25, -0.2) is 0 Å². The van der Waals surface area contributed by atoms with E-state index in [0.717, 1.165) is 0 Å². The zero-order valence-corrected chi connectivity index (χ0v) is 9.75.